The lowest BCUT2D eigenvalue weighted by atomic mass is 9.94. The van der Waals surface area contributed by atoms with Gasteiger partial charge in [-0.3, -0.25) is 14.5 Å². The third kappa shape index (κ3) is 3.70. The van der Waals surface area contributed by atoms with Gasteiger partial charge in [0.15, 0.2) is 5.78 Å². The number of nitrogens with zero attached hydrogens (tertiary/aromatic N) is 1. The summed E-state index contributed by atoms with van der Waals surface area (Å²) in [6.07, 6.45) is 3.47. The van der Waals surface area contributed by atoms with Crippen molar-refractivity contribution in [1.82, 2.24) is 4.90 Å². The van der Waals surface area contributed by atoms with Crippen molar-refractivity contribution < 1.29 is 9.59 Å². The summed E-state index contributed by atoms with van der Waals surface area (Å²) in [6, 6.07) is 7.74. The lowest BCUT2D eigenvalue weighted by Gasteiger charge is -2.30. The van der Waals surface area contributed by atoms with Gasteiger partial charge in [-0.1, -0.05) is 19.1 Å². The minimum Gasteiger partial charge on any atom is -0.299 e. The summed E-state index contributed by atoms with van der Waals surface area (Å²) in [6.45, 7) is 3.89. The molecule has 1 saturated heterocycles. The largest absolute Gasteiger partial charge is 0.299 e. The van der Waals surface area contributed by atoms with Crippen LogP contribution >= 0.6 is 11.8 Å². The highest BCUT2D eigenvalue weighted by atomic mass is 32.2. The molecule has 1 unspecified atom stereocenters. The summed E-state index contributed by atoms with van der Waals surface area (Å²) in [5.41, 5.74) is 0.757. The second-order valence-corrected chi connectivity index (χ2v) is 6.09. The maximum absolute atomic E-state index is 12.3. The monoisotopic (exact) mass is 291 g/mol. The molecule has 0 amide bonds. The minimum absolute atomic E-state index is 0.107. The zero-order chi connectivity index (χ0) is 14.5. The Kier molecular flexibility index (Phi) is 5.38. The number of likely N-dealkylation sites (tertiary alicyclic amines) is 1. The summed E-state index contributed by atoms with van der Waals surface area (Å²) in [5.74, 6) is 0.595. The van der Waals surface area contributed by atoms with Crippen LogP contribution in [0.2, 0.25) is 0 Å². The zero-order valence-electron chi connectivity index (χ0n) is 12.1. The average molecular weight is 291 g/mol. The number of carbonyl (C=O) groups excluding carboxylic acids is 2. The van der Waals surface area contributed by atoms with E-state index in [0.717, 1.165) is 23.4 Å². The van der Waals surface area contributed by atoms with Crippen LogP contribution in [0.1, 0.15) is 30.1 Å². The zero-order valence-corrected chi connectivity index (χ0v) is 12.9. The molecule has 1 fully saturated rings. The van der Waals surface area contributed by atoms with Crippen LogP contribution in [0.5, 0.6) is 0 Å². The molecule has 0 N–H and O–H groups in total. The Morgan fingerprint density at radius 1 is 1.35 bits per heavy atom. The van der Waals surface area contributed by atoms with Crippen LogP contribution in [0.4, 0.5) is 0 Å². The third-order valence-corrected chi connectivity index (χ3v) is 4.62. The van der Waals surface area contributed by atoms with E-state index < -0.39 is 0 Å². The molecule has 1 aliphatic heterocycles. The fourth-order valence-electron chi connectivity index (χ4n) is 2.55. The molecule has 108 valence electrons. The molecule has 4 heteroatoms. The van der Waals surface area contributed by atoms with Crippen molar-refractivity contribution in [2.75, 3.05) is 25.9 Å². The smallest absolute Gasteiger partial charge is 0.176 e. The Labute approximate surface area is 124 Å². The number of benzene rings is 1. The third-order valence-electron chi connectivity index (χ3n) is 3.88. The quantitative estimate of drug-likeness (QED) is 0.617. The number of thioether (sulfide) groups is 1. The van der Waals surface area contributed by atoms with Crippen LogP contribution in [0.3, 0.4) is 0 Å². The van der Waals surface area contributed by atoms with E-state index in [4.69, 9.17) is 0 Å². The first kappa shape index (κ1) is 15.3. The molecular formula is C16H21NO2S. The van der Waals surface area contributed by atoms with Gasteiger partial charge in [0.2, 0.25) is 0 Å². The maximum Gasteiger partial charge on any atom is 0.176 e. The molecule has 1 atom stereocenters. The predicted molar refractivity (Wildman–Crippen MR) is 82.4 cm³/mol. The Morgan fingerprint density at radius 3 is 2.65 bits per heavy atom. The van der Waals surface area contributed by atoms with E-state index in [1.165, 1.54) is 0 Å². The van der Waals surface area contributed by atoms with E-state index in [2.05, 4.69) is 4.90 Å². The molecule has 0 saturated carbocycles. The normalized spacial score (nSPS) is 20.1. The van der Waals surface area contributed by atoms with Gasteiger partial charge in [-0.25, -0.2) is 0 Å². The number of hydrogen-bond donors (Lipinski definition) is 0. The minimum atomic E-state index is 0.107. The van der Waals surface area contributed by atoms with E-state index in [9.17, 15) is 9.59 Å². The van der Waals surface area contributed by atoms with E-state index in [0.29, 0.717) is 25.3 Å². The summed E-state index contributed by atoms with van der Waals surface area (Å²) < 4.78 is 0. The van der Waals surface area contributed by atoms with Crippen LogP contribution in [-0.2, 0) is 4.79 Å². The number of piperidine rings is 1. The van der Waals surface area contributed by atoms with Crippen LogP contribution in [-0.4, -0.2) is 42.4 Å². The molecule has 0 radical (unpaired) electrons. The van der Waals surface area contributed by atoms with Crippen LogP contribution in [0, 0.1) is 5.92 Å². The van der Waals surface area contributed by atoms with E-state index in [-0.39, 0.29) is 11.7 Å². The molecule has 1 aromatic carbocycles. The molecular weight excluding hydrogens is 270 g/mol. The van der Waals surface area contributed by atoms with Crippen molar-refractivity contribution in [2.45, 2.75) is 24.7 Å². The van der Waals surface area contributed by atoms with Crippen molar-refractivity contribution in [3.8, 4) is 0 Å². The molecule has 0 aromatic heterocycles. The first-order valence-electron chi connectivity index (χ1n) is 7.06. The first-order chi connectivity index (χ1) is 9.63. The van der Waals surface area contributed by atoms with Gasteiger partial charge in [0.05, 0.1) is 6.54 Å². The summed E-state index contributed by atoms with van der Waals surface area (Å²) in [5, 5.41) is 0. The van der Waals surface area contributed by atoms with Gasteiger partial charge in [0.25, 0.3) is 0 Å². The number of carbonyl (C=O) groups is 2. The van der Waals surface area contributed by atoms with E-state index >= 15 is 0 Å². The molecule has 2 rings (SSSR count). The Hall–Kier alpha value is -1.13. The highest BCUT2D eigenvalue weighted by molar-refractivity contribution is 7.98. The Bertz CT molecular complexity index is 484. The Morgan fingerprint density at radius 2 is 2.05 bits per heavy atom. The standard InChI is InChI=1S/C16H21NO2S/c1-3-12-10-17(9-8-15(12)18)11-16(19)13-4-6-14(20-2)7-5-13/h4-7,12H,3,8-11H2,1-2H3. The summed E-state index contributed by atoms with van der Waals surface area (Å²) in [4.78, 5) is 27.2. The first-order valence-corrected chi connectivity index (χ1v) is 8.28. The van der Waals surface area contributed by atoms with E-state index in [1.807, 2.05) is 37.4 Å². The van der Waals surface area contributed by atoms with Crippen LogP contribution in [0.15, 0.2) is 29.2 Å². The second-order valence-electron chi connectivity index (χ2n) is 5.21. The predicted octanol–water partition coefficient (Wildman–Crippen LogP) is 2.89. The SMILES string of the molecule is CCC1CN(CC(=O)c2ccc(SC)cc2)CCC1=O. The summed E-state index contributed by atoms with van der Waals surface area (Å²) >= 11 is 1.67. The van der Waals surface area contributed by atoms with Crippen LogP contribution in [0.25, 0.3) is 0 Å². The van der Waals surface area contributed by atoms with E-state index in [1.54, 1.807) is 11.8 Å². The highest BCUT2D eigenvalue weighted by Gasteiger charge is 2.26. The van der Waals surface area contributed by atoms with Crippen molar-refractivity contribution >= 4 is 23.3 Å². The fraction of sp³-hybridized carbons (Fsp3) is 0.500. The molecule has 3 nitrogen and oxygen atoms in total. The second kappa shape index (κ2) is 7.04. The number of Topliss-reactive ketones (excluding diaryl/α,β-unsaturated/α-hetero) is 2. The van der Waals surface area contributed by atoms with Gasteiger partial charge < -0.3 is 0 Å². The molecule has 0 spiro atoms. The Balaban J connectivity index is 1.95. The van der Waals surface area contributed by atoms with Crippen LogP contribution < -0.4 is 0 Å². The molecule has 0 bridgehead atoms. The molecule has 1 aliphatic rings. The molecule has 20 heavy (non-hydrogen) atoms. The van der Waals surface area contributed by atoms with Gasteiger partial charge in [-0.2, -0.15) is 0 Å². The molecule has 0 aliphatic carbocycles. The molecule has 1 aromatic rings. The van der Waals surface area contributed by atoms with Crippen molar-refractivity contribution in [3.63, 3.8) is 0 Å². The highest BCUT2D eigenvalue weighted by Crippen LogP contribution is 2.18. The topological polar surface area (TPSA) is 37.4 Å². The van der Waals surface area contributed by atoms with Crippen molar-refractivity contribution in [1.29, 1.82) is 0 Å². The molecule has 1 heterocycles. The fourth-order valence-corrected chi connectivity index (χ4v) is 2.96. The van der Waals surface area contributed by atoms with Gasteiger partial charge in [0, 0.05) is 35.9 Å². The van der Waals surface area contributed by atoms with Crippen molar-refractivity contribution in [3.05, 3.63) is 29.8 Å². The van der Waals surface area contributed by atoms with Gasteiger partial charge >= 0.3 is 0 Å². The van der Waals surface area contributed by atoms with Crippen molar-refractivity contribution in [2.24, 2.45) is 5.92 Å². The van der Waals surface area contributed by atoms with Gasteiger partial charge in [-0.15, -0.1) is 11.8 Å². The number of ketones is 2. The number of rotatable bonds is 5. The lowest BCUT2D eigenvalue weighted by molar-refractivity contribution is -0.126. The van der Waals surface area contributed by atoms with Gasteiger partial charge in [0.1, 0.15) is 5.78 Å². The number of hydrogen-bond acceptors (Lipinski definition) is 4. The lowest BCUT2D eigenvalue weighted by Crippen LogP contribution is -2.42. The summed E-state index contributed by atoms with van der Waals surface area (Å²) in [7, 11) is 0. The average Bonchev–Trinajstić information content (AvgIpc) is 2.49. The van der Waals surface area contributed by atoms with Gasteiger partial charge in [-0.05, 0) is 24.8 Å². The maximum atomic E-state index is 12.3.